The fourth-order valence-corrected chi connectivity index (χ4v) is 2.27. The molecule has 0 aliphatic heterocycles. The molecule has 102 valence electrons. The molecule has 19 heavy (non-hydrogen) atoms. The number of para-hydroxylation sites is 1. The van der Waals surface area contributed by atoms with Crippen molar-refractivity contribution in [1.29, 1.82) is 0 Å². The summed E-state index contributed by atoms with van der Waals surface area (Å²) in [5.74, 6) is 0.883. The van der Waals surface area contributed by atoms with Gasteiger partial charge in [-0.1, -0.05) is 25.1 Å². The van der Waals surface area contributed by atoms with Crippen LogP contribution in [0.5, 0.6) is 0 Å². The highest BCUT2D eigenvalue weighted by molar-refractivity contribution is 9.10. The van der Waals surface area contributed by atoms with Crippen molar-refractivity contribution in [2.24, 2.45) is 4.99 Å². The predicted molar refractivity (Wildman–Crippen MR) is 88.8 cm³/mol. The van der Waals surface area contributed by atoms with Gasteiger partial charge in [-0.05, 0) is 66.9 Å². The van der Waals surface area contributed by atoms with Crippen molar-refractivity contribution in [2.75, 3.05) is 5.32 Å². The second-order valence-corrected chi connectivity index (χ2v) is 5.16. The van der Waals surface area contributed by atoms with E-state index in [9.17, 15) is 0 Å². The second kappa shape index (κ2) is 7.95. The first-order valence-corrected chi connectivity index (χ1v) is 7.28. The monoisotopic (exact) mass is 320 g/mol. The van der Waals surface area contributed by atoms with E-state index in [2.05, 4.69) is 52.2 Å². The lowest BCUT2D eigenvalue weighted by atomic mass is 10.2. The molecule has 0 aromatic heterocycles. The standard InChI is InChI=1S/C16H21BrN2/c1-5-8-13(4)18-15(9-6-2)19-16-12(3)10-7-11-14(16)17/h5,7-11,19H,6H2,1-4H3/b8-5-,15-9-,18-13-. The van der Waals surface area contributed by atoms with Gasteiger partial charge in [-0.25, -0.2) is 4.99 Å². The summed E-state index contributed by atoms with van der Waals surface area (Å²) < 4.78 is 1.05. The zero-order chi connectivity index (χ0) is 14.3. The summed E-state index contributed by atoms with van der Waals surface area (Å²) in [7, 11) is 0. The van der Waals surface area contributed by atoms with Gasteiger partial charge in [0, 0.05) is 10.2 Å². The molecule has 0 aliphatic carbocycles. The Balaban J connectivity index is 3.04. The fraction of sp³-hybridized carbons (Fsp3) is 0.312. The summed E-state index contributed by atoms with van der Waals surface area (Å²) in [5.41, 5.74) is 3.24. The Hall–Kier alpha value is -1.35. The molecule has 0 amide bonds. The Kier molecular flexibility index (Phi) is 6.57. The number of anilines is 1. The Morgan fingerprint density at radius 2 is 2.16 bits per heavy atom. The normalized spacial score (nSPS) is 13.1. The molecule has 0 heterocycles. The third-order valence-electron chi connectivity index (χ3n) is 2.58. The number of aliphatic imine (C=N–C) groups is 1. The van der Waals surface area contributed by atoms with Gasteiger partial charge in [-0.15, -0.1) is 0 Å². The lowest BCUT2D eigenvalue weighted by Crippen LogP contribution is -2.02. The average molecular weight is 321 g/mol. The SMILES string of the molecule is C\C=C/C(C)=N\C(=C\CC)Nc1c(C)cccc1Br. The molecule has 0 spiro atoms. The Labute approximate surface area is 124 Å². The zero-order valence-electron chi connectivity index (χ0n) is 12.0. The lowest BCUT2D eigenvalue weighted by Gasteiger charge is -2.12. The van der Waals surface area contributed by atoms with E-state index in [1.54, 1.807) is 0 Å². The molecular formula is C16H21BrN2. The average Bonchev–Trinajstić information content (AvgIpc) is 2.34. The van der Waals surface area contributed by atoms with Crippen LogP contribution in [0.1, 0.15) is 32.8 Å². The van der Waals surface area contributed by atoms with E-state index in [-0.39, 0.29) is 0 Å². The largest absolute Gasteiger partial charge is 0.339 e. The minimum absolute atomic E-state index is 0.883. The molecular weight excluding hydrogens is 300 g/mol. The van der Waals surface area contributed by atoms with Gasteiger partial charge in [0.2, 0.25) is 0 Å². The number of allylic oxidation sites excluding steroid dienone is 3. The van der Waals surface area contributed by atoms with Crippen molar-refractivity contribution < 1.29 is 0 Å². The highest BCUT2D eigenvalue weighted by atomic mass is 79.9. The molecule has 0 radical (unpaired) electrons. The van der Waals surface area contributed by atoms with Gasteiger partial charge in [0.1, 0.15) is 5.82 Å². The maximum absolute atomic E-state index is 4.59. The van der Waals surface area contributed by atoms with Crippen LogP contribution in [0.4, 0.5) is 5.69 Å². The molecule has 0 saturated heterocycles. The van der Waals surface area contributed by atoms with Gasteiger partial charge >= 0.3 is 0 Å². The molecule has 1 aromatic rings. The van der Waals surface area contributed by atoms with Crippen LogP contribution in [0, 0.1) is 6.92 Å². The molecule has 1 aromatic carbocycles. The van der Waals surface area contributed by atoms with Gasteiger partial charge in [0.05, 0.1) is 5.69 Å². The summed E-state index contributed by atoms with van der Waals surface area (Å²) in [6.45, 7) is 8.18. The molecule has 0 aliphatic rings. The van der Waals surface area contributed by atoms with Crippen LogP contribution in [0.2, 0.25) is 0 Å². The van der Waals surface area contributed by atoms with E-state index in [1.165, 1.54) is 5.56 Å². The summed E-state index contributed by atoms with van der Waals surface area (Å²) >= 11 is 3.57. The topological polar surface area (TPSA) is 24.4 Å². The van der Waals surface area contributed by atoms with Crippen LogP contribution in [-0.4, -0.2) is 5.71 Å². The first kappa shape index (κ1) is 15.7. The van der Waals surface area contributed by atoms with Crippen LogP contribution in [0.3, 0.4) is 0 Å². The van der Waals surface area contributed by atoms with E-state index in [1.807, 2.05) is 38.1 Å². The number of halogens is 1. The van der Waals surface area contributed by atoms with Gasteiger partial charge in [0.15, 0.2) is 0 Å². The molecule has 0 saturated carbocycles. The smallest absolute Gasteiger partial charge is 0.126 e. The number of nitrogens with zero attached hydrogens (tertiary/aromatic N) is 1. The van der Waals surface area contributed by atoms with Crippen LogP contribution >= 0.6 is 15.9 Å². The molecule has 0 bridgehead atoms. The molecule has 0 unspecified atom stereocenters. The Bertz CT molecular complexity index is 493. The number of aryl methyl sites for hydroxylation is 1. The third kappa shape index (κ3) is 5.03. The summed E-state index contributed by atoms with van der Waals surface area (Å²) in [6.07, 6.45) is 7.02. The van der Waals surface area contributed by atoms with Gasteiger partial charge < -0.3 is 5.32 Å². The van der Waals surface area contributed by atoms with Crippen molar-refractivity contribution in [1.82, 2.24) is 0 Å². The van der Waals surface area contributed by atoms with Crippen molar-refractivity contribution in [3.63, 3.8) is 0 Å². The molecule has 0 atom stereocenters. The number of rotatable bonds is 5. The maximum atomic E-state index is 4.59. The van der Waals surface area contributed by atoms with Crippen LogP contribution < -0.4 is 5.32 Å². The highest BCUT2D eigenvalue weighted by Gasteiger charge is 2.04. The number of nitrogens with one attached hydrogen (secondary N) is 1. The predicted octanol–water partition coefficient (Wildman–Crippen LogP) is 5.46. The minimum atomic E-state index is 0.883. The first-order valence-electron chi connectivity index (χ1n) is 6.48. The minimum Gasteiger partial charge on any atom is -0.339 e. The quantitative estimate of drug-likeness (QED) is 0.716. The molecule has 2 nitrogen and oxygen atoms in total. The Morgan fingerprint density at radius 1 is 1.42 bits per heavy atom. The van der Waals surface area contributed by atoms with Gasteiger partial charge in [-0.2, -0.15) is 0 Å². The number of hydrogen-bond donors (Lipinski definition) is 1. The van der Waals surface area contributed by atoms with Gasteiger partial charge in [0.25, 0.3) is 0 Å². The van der Waals surface area contributed by atoms with Gasteiger partial charge in [-0.3, -0.25) is 0 Å². The summed E-state index contributed by atoms with van der Waals surface area (Å²) in [5, 5.41) is 3.40. The van der Waals surface area contributed by atoms with Crippen LogP contribution in [0.25, 0.3) is 0 Å². The fourth-order valence-electron chi connectivity index (χ4n) is 1.70. The maximum Gasteiger partial charge on any atom is 0.126 e. The lowest BCUT2D eigenvalue weighted by molar-refractivity contribution is 1.15. The van der Waals surface area contributed by atoms with Crippen molar-refractivity contribution >= 4 is 27.3 Å². The molecule has 1 rings (SSSR count). The number of hydrogen-bond acceptors (Lipinski definition) is 2. The van der Waals surface area contributed by atoms with Crippen molar-refractivity contribution in [3.8, 4) is 0 Å². The van der Waals surface area contributed by atoms with Crippen LogP contribution in [0.15, 0.2) is 51.7 Å². The molecule has 1 N–H and O–H groups in total. The third-order valence-corrected chi connectivity index (χ3v) is 3.24. The van der Waals surface area contributed by atoms with E-state index in [0.717, 1.165) is 28.1 Å². The van der Waals surface area contributed by atoms with E-state index in [4.69, 9.17) is 0 Å². The van der Waals surface area contributed by atoms with E-state index >= 15 is 0 Å². The van der Waals surface area contributed by atoms with Crippen molar-refractivity contribution in [2.45, 2.75) is 34.1 Å². The van der Waals surface area contributed by atoms with E-state index in [0.29, 0.717) is 0 Å². The van der Waals surface area contributed by atoms with Crippen LogP contribution in [-0.2, 0) is 0 Å². The molecule has 0 fully saturated rings. The Morgan fingerprint density at radius 3 is 2.74 bits per heavy atom. The zero-order valence-corrected chi connectivity index (χ0v) is 13.6. The summed E-state index contributed by atoms with van der Waals surface area (Å²) in [4.78, 5) is 4.59. The first-order chi connectivity index (χ1) is 9.08. The number of benzene rings is 1. The van der Waals surface area contributed by atoms with E-state index < -0.39 is 0 Å². The highest BCUT2D eigenvalue weighted by Crippen LogP contribution is 2.27. The molecule has 3 heteroatoms. The summed E-state index contributed by atoms with van der Waals surface area (Å²) in [6, 6.07) is 6.14. The second-order valence-electron chi connectivity index (χ2n) is 4.31. The van der Waals surface area contributed by atoms with Crippen molar-refractivity contribution in [3.05, 3.63) is 52.3 Å².